The third-order valence-electron chi connectivity index (χ3n) is 2.82. The van der Waals surface area contributed by atoms with Crippen LogP contribution in [0.4, 0.5) is 13.2 Å². The largest absolute Gasteiger partial charge is 0.416 e. The van der Waals surface area contributed by atoms with Crippen LogP contribution in [-0.2, 0) is 19.8 Å². The fraction of sp³-hybridized carbons (Fsp3) is 0.333. The molecule has 0 saturated heterocycles. The van der Waals surface area contributed by atoms with Gasteiger partial charge < -0.3 is 9.67 Å². The predicted octanol–water partition coefficient (Wildman–Crippen LogP) is 2.79. The van der Waals surface area contributed by atoms with E-state index in [0.29, 0.717) is 15.9 Å². The number of rotatable bonds is 3. The van der Waals surface area contributed by atoms with Crippen molar-refractivity contribution < 1.29 is 18.3 Å². The average Bonchev–Trinajstić information content (AvgIpc) is 2.70. The third kappa shape index (κ3) is 2.96. The van der Waals surface area contributed by atoms with E-state index in [2.05, 4.69) is 10.2 Å². The Bertz CT molecular complexity index is 625. The molecule has 2 rings (SSSR count). The summed E-state index contributed by atoms with van der Waals surface area (Å²) < 4.78 is 40.3. The molecule has 8 heteroatoms. The lowest BCUT2D eigenvalue weighted by molar-refractivity contribution is -0.138. The van der Waals surface area contributed by atoms with E-state index in [1.165, 1.54) is 12.1 Å². The van der Waals surface area contributed by atoms with Crippen molar-refractivity contribution in [3.63, 3.8) is 0 Å². The van der Waals surface area contributed by atoms with E-state index < -0.39 is 18.3 Å². The molecule has 1 N–H and O–H groups in total. The Kier molecular flexibility index (Phi) is 4.05. The number of aliphatic hydroxyl groups excluding tert-OH is 1. The van der Waals surface area contributed by atoms with E-state index in [4.69, 9.17) is 5.11 Å². The number of nitrogens with zero attached hydrogens (tertiary/aromatic N) is 3. The first kappa shape index (κ1) is 14.9. The molecule has 0 aliphatic heterocycles. The summed E-state index contributed by atoms with van der Waals surface area (Å²) in [7, 11) is 1.74. The highest BCUT2D eigenvalue weighted by Gasteiger charge is 2.33. The van der Waals surface area contributed by atoms with Gasteiger partial charge in [0.25, 0.3) is 0 Å². The molecule has 0 fully saturated rings. The van der Waals surface area contributed by atoms with Crippen molar-refractivity contribution in [3.05, 3.63) is 35.2 Å². The molecule has 4 nitrogen and oxygen atoms in total. The number of halogens is 3. The highest BCUT2D eigenvalue weighted by molar-refractivity contribution is 7.99. The highest BCUT2D eigenvalue weighted by Crippen LogP contribution is 2.36. The van der Waals surface area contributed by atoms with E-state index in [1.54, 1.807) is 18.5 Å². The van der Waals surface area contributed by atoms with E-state index in [9.17, 15) is 13.2 Å². The summed E-state index contributed by atoms with van der Waals surface area (Å²) in [5.41, 5.74) is -0.972. The predicted molar refractivity (Wildman–Crippen MR) is 67.2 cm³/mol. The van der Waals surface area contributed by atoms with Crippen LogP contribution >= 0.6 is 11.8 Å². The van der Waals surface area contributed by atoms with Gasteiger partial charge in [0.2, 0.25) is 0 Å². The van der Waals surface area contributed by atoms with Gasteiger partial charge in [-0.05, 0) is 36.4 Å². The first-order valence-corrected chi connectivity index (χ1v) is 6.49. The van der Waals surface area contributed by atoms with Gasteiger partial charge in [-0.25, -0.2) is 0 Å². The molecule has 0 radical (unpaired) electrons. The molecular formula is C12H12F3N3OS. The first-order valence-electron chi connectivity index (χ1n) is 5.67. The standard InChI is InChI=1S/C12H12F3N3OS/c1-7-16-17-11(18(7)2)20-9-4-3-8(6-19)10(5-9)12(13,14)15/h3-5,19H,6H2,1-2H3. The van der Waals surface area contributed by atoms with Crippen molar-refractivity contribution >= 4 is 11.8 Å². The van der Waals surface area contributed by atoms with E-state index in [1.807, 2.05) is 0 Å². The molecule has 1 heterocycles. The Morgan fingerprint density at radius 1 is 1.30 bits per heavy atom. The van der Waals surface area contributed by atoms with Crippen LogP contribution in [-0.4, -0.2) is 19.9 Å². The Morgan fingerprint density at radius 3 is 2.50 bits per heavy atom. The minimum Gasteiger partial charge on any atom is -0.392 e. The second kappa shape index (κ2) is 5.45. The van der Waals surface area contributed by atoms with Gasteiger partial charge in [-0.3, -0.25) is 0 Å². The van der Waals surface area contributed by atoms with E-state index in [-0.39, 0.29) is 5.56 Å². The molecule has 1 aromatic carbocycles. The fourth-order valence-electron chi connectivity index (χ4n) is 1.60. The van der Waals surface area contributed by atoms with Gasteiger partial charge in [-0.15, -0.1) is 10.2 Å². The number of benzene rings is 1. The monoisotopic (exact) mass is 303 g/mol. The SMILES string of the molecule is Cc1nnc(Sc2ccc(CO)c(C(F)(F)F)c2)n1C. The number of aryl methyl sites for hydroxylation is 1. The van der Waals surface area contributed by atoms with E-state index >= 15 is 0 Å². The number of hydrogen-bond donors (Lipinski definition) is 1. The lowest BCUT2D eigenvalue weighted by atomic mass is 10.1. The summed E-state index contributed by atoms with van der Waals surface area (Å²) in [6.07, 6.45) is -4.50. The summed E-state index contributed by atoms with van der Waals surface area (Å²) in [5, 5.41) is 17.2. The molecule has 2 aromatic rings. The van der Waals surface area contributed by atoms with Gasteiger partial charge in [0, 0.05) is 11.9 Å². The van der Waals surface area contributed by atoms with Gasteiger partial charge in [0.1, 0.15) is 5.82 Å². The summed E-state index contributed by atoms with van der Waals surface area (Å²) in [5.74, 6) is 0.676. The summed E-state index contributed by atoms with van der Waals surface area (Å²) in [4.78, 5) is 0.394. The summed E-state index contributed by atoms with van der Waals surface area (Å²) in [6, 6.07) is 3.81. The molecule has 0 saturated carbocycles. The lowest BCUT2D eigenvalue weighted by Crippen LogP contribution is -2.09. The third-order valence-corrected chi connectivity index (χ3v) is 3.85. The van der Waals surface area contributed by atoms with Crippen LogP contribution in [0, 0.1) is 6.92 Å². The number of hydrogen-bond acceptors (Lipinski definition) is 4. The zero-order valence-corrected chi connectivity index (χ0v) is 11.6. The van der Waals surface area contributed by atoms with Crippen molar-refractivity contribution in [1.29, 1.82) is 0 Å². The Morgan fingerprint density at radius 2 is 2.00 bits per heavy atom. The van der Waals surface area contributed by atoms with Crippen molar-refractivity contribution in [2.75, 3.05) is 0 Å². The van der Waals surface area contributed by atoms with Gasteiger partial charge in [-0.1, -0.05) is 6.07 Å². The Hall–Kier alpha value is -1.54. The maximum absolute atomic E-state index is 12.9. The van der Waals surface area contributed by atoms with Crippen LogP contribution in [0.25, 0.3) is 0 Å². The molecule has 0 spiro atoms. The molecule has 0 aliphatic carbocycles. The second-order valence-electron chi connectivity index (χ2n) is 4.17. The molecule has 0 atom stereocenters. The van der Waals surface area contributed by atoms with Crippen LogP contribution in [0.2, 0.25) is 0 Å². The van der Waals surface area contributed by atoms with Gasteiger partial charge in [0.15, 0.2) is 5.16 Å². The average molecular weight is 303 g/mol. The molecule has 1 aromatic heterocycles. The Balaban J connectivity index is 2.37. The lowest BCUT2D eigenvalue weighted by Gasteiger charge is -2.12. The smallest absolute Gasteiger partial charge is 0.392 e. The first-order chi connectivity index (χ1) is 9.32. The van der Waals surface area contributed by atoms with Crippen molar-refractivity contribution in [3.8, 4) is 0 Å². The molecule has 0 unspecified atom stereocenters. The zero-order valence-electron chi connectivity index (χ0n) is 10.8. The van der Waals surface area contributed by atoms with Crippen molar-refractivity contribution in [2.45, 2.75) is 29.8 Å². The van der Waals surface area contributed by atoms with Crippen LogP contribution < -0.4 is 0 Å². The quantitative estimate of drug-likeness (QED) is 0.947. The highest BCUT2D eigenvalue weighted by atomic mass is 32.2. The molecule has 20 heavy (non-hydrogen) atoms. The number of aliphatic hydroxyl groups is 1. The minimum absolute atomic E-state index is 0.143. The second-order valence-corrected chi connectivity index (χ2v) is 5.21. The molecule has 108 valence electrons. The minimum atomic E-state index is -4.50. The molecule has 0 bridgehead atoms. The van der Waals surface area contributed by atoms with Gasteiger partial charge in [0.05, 0.1) is 12.2 Å². The number of alkyl halides is 3. The summed E-state index contributed by atoms with van der Waals surface area (Å²) >= 11 is 1.09. The maximum Gasteiger partial charge on any atom is 0.416 e. The van der Waals surface area contributed by atoms with Crippen molar-refractivity contribution in [2.24, 2.45) is 7.05 Å². The van der Waals surface area contributed by atoms with Crippen LogP contribution in [0.3, 0.4) is 0 Å². The molecular weight excluding hydrogens is 291 g/mol. The van der Waals surface area contributed by atoms with Gasteiger partial charge in [-0.2, -0.15) is 13.2 Å². The van der Waals surface area contributed by atoms with Gasteiger partial charge >= 0.3 is 6.18 Å². The topological polar surface area (TPSA) is 50.9 Å². The van der Waals surface area contributed by atoms with Crippen LogP contribution in [0.15, 0.2) is 28.3 Å². The Labute approximate surface area is 117 Å². The molecule has 0 amide bonds. The van der Waals surface area contributed by atoms with Crippen LogP contribution in [0.5, 0.6) is 0 Å². The molecule has 0 aliphatic rings. The summed E-state index contributed by atoms with van der Waals surface area (Å²) in [6.45, 7) is 1.11. The normalized spacial score (nSPS) is 11.9. The van der Waals surface area contributed by atoms with Crippen LogP contribution in [0.1, 0.15) is 17.0 Å². The van der Waals surface area contributed by atoms with E-state index in [0.717, 1.165) is 17.8 Å². The maximum atomic E-state index is 12.9. The van der Waals surface area contributed by atoms with Crippen molar-refractivity contribution in [1.82, 2.24) is 14.8 Å². The zero-order chi connectivity index (χ0) is 14.9. The fourth-order valence-corrected chi connectivity index (χ4v) is 2.48. The number of aromatic nitrogens is 3.